The fraction of sp³-hybridized carbons (Fsp3) is 0.364. The van der Waals surface area contributed by atoms with Gasteiger partial charge in [0, 0.05) is 23.7 Å². The Morgan fingerprint density at radius 3 is 2.18 bits per heavy atom. The maximum Gasteiger partial charge on any atom is 0.251 e. The second-order valence-corrected chi connectivity index (χ2v) is 4.33. The van der Waals surface area contributed by atoms with Gasteiger partial charge in [0.25, 0.3) is 5.91 Å². The normalized spacial score (nSPS) is 10.6. The molecule has 0 bridgehead atoms. The van der Waals surface area contributed by atoms with Crippen LogP contribution < -0.4 is 11.1 Å². The van der Waals surface area contributed by atoms with Crippen molar-refractivity contribution >= 4 is 18.3 Å². The van der Waals surface area contributed by atoms with E-state index in [2.05, 4.69) is 5.32 Å². The first-order valence-electron chi connectivity index (χ1n) is 4.81. The van der Waals surface area contributed by atoms with E-state index in [0.717, 1.165) is 12.1 Å². The molecule has 0 radical (unpaired) electrons. The fourth-order valence-electron chi connectivity index (χ4n) is 1.10. The lowest BCUT2D eigenvalue weighted by Crippen LogP contribution is -2.45. The van der Waals surface area contributed by atoms with E-state index in [1.54, 1.807) is 13.8 Å². The lowest BCUT2D eigenvalue weighted by atomic mass is 10.1. The zero-order valence-corrected chi connectivity index (χ0v) is 10.4. The monoisotopic (exact) mass is 264 g/mol. The van der Waals surface area contributed by atoms with Crippen molar-refractivity contribution in [3.05, 3.63) is 35.4 Å². The van der Waals surface area contributed by atoms with Gasteiger partial charge in [-0.15, -0.1) is 12.4 Å². The fourth-order valence-corrected chi connectivity index (χ4v) is 1.10. The molecule has 1 aromatic rings. The highest BCUT2D eigenvalue weighted by molar-refractivity contribution is 5.94. The summed E-state index contributed by atoms with van der Waals surface area (Å²) in [6.45, 7) is 3.70. The number of nitrogens with two attached hydrogens (primary N) is 1. The first-order chi connectivity index (χ1) is 7.28. The highest BCUT2D eigenvalue weighted by Gasteiger charge is 2.14. The third kappa shape index (κ3) is 5.60. The Morgan fingerprint density at radius 1 is 1.29 bits per heavy atom. The number of hydrogen-bond acceptors (Lipinski definition) is 2. The van der Waals surface area contributed by atoms with Crippen molar-refractivity contribution in [3.63, 3.8) is 0 Å². The molecule has 0 aliphatic heterocycles. The molecule has 0 atom stereocenters. The van der Waals surface area contributed by atoms with E-state index in [4.69, 9.17) is 5.73 Å². The molecule has 1 aromatic carbocycles. The second kappa shape index (κ2) is 5.93. The zero-order valence-electron chi connectivity index (χ0n) is 9.59. The van der Waals surface area contributed by atoms with Crippen LogP contribution >= 0.6 is 12.4 Å². The lowest BCUT2D eigenvalue weighted by Gasteiger charge is -2.18. The summed E-state index contributed by atoms with van der Waals surface area (Å²) < 4.78 is 25.6. The van der Waals surface area contributed by atoms with Crippen molar-refractivity contribution in [2.45, 2.75) is 19.4 Å². The molecule has 3 N–H and O–H groups in total. The average molecular weight is 265 g/mol. The Kier molecular flexibility index (Phi) is 5.51. The van der Waals surface area contributed by atoms with Gasteiger partial charge < -0.3 is 11.1 Å². The minimum atomic E-state index is -0.780. The lowest BCUT2D eigenvalue weighted by molar-refractivity contribution is 0.0945. The summed E-state index contributed by atoms with van der Waals surface area (Å²) >= 11 is 0. The van der Waals surface area contributed by atoms with Crippen molar-refractivity contribution in [2.75, 3.05) is 6.54 Å². The number of benzene rings is 1. The topological polar surface area (TPSA) is 55.1 Å². The van der Waals surface area contributed by atoms with Gasteiger partial charge in [-0.2, -0.15) is 0 Å². The molecule has 3 nitrogen and oxygen atoms in total. The highest BCUT2D eigenvalue weighted by Crippen LogP contribution is 2.08. The number of rotatable bonds is 3. The van der Waals surface area contributed by atoms with Crippen LogP contribution in [0.15, 0.2) is 18.2 Å². The quantitative estimate of drug-likeness (QED) is 0.875. The summed E-state index contributed by atoms with van der Waals surface area (Å²) in [5.41, 5.74) is 5.04. The summed E-state index contributed by atoms with van der Waals surface area (Å²) in [6.07, 6.45) is 0. The summed E-state index contributed by atoms with van der Waals surface area (Å²) in [5.74, 6) is -2.11. The molecule has 6 heteroatoms. The molecule has 0 saturated carbocycles. The summed E-state index contributed by atoms with van der Waals surface area (Å²) in [6, 6.07) is 2.66. The molecule has 96 valence electrons. The van der Waals surface area contributed by atoms with Gasteiger partial charge in [0.15, 0.2) is 0 Å². The summed E-state index contributed by atoms with van der Waals surface area (Å²) in [5, 5.41) is 2.50. The Hall–Kier alpha value is -1.20. The number of carbonyl (C=O) groups excluding carboxylic acids is 1. The molecule has 0 aliphatic carbocycles. The Morgan fingerprint density at radius 2 is 1.76 bits per heavy atom. The number of nitrogens with one attached hydrogen (secondary N) is 1. The zero-order chi connectivity index (χ0) is 12.3. The van der Waals surface area contributed by atoms with Gasteiger partial charge in [-0.25, -0.2) is 8.78 Å². The van der Waals surface area contributed by atoms with Crippen molar-refractivity contribution in [1.82, 2.24) is 5.32 Å². The van der Waals surface area contributed by atoms with Gasteiger partial charge in [-0.1, -0.05) is 0 Å². The second-order valence-electron chi connectivity index (χ2n) is 4.33. The smallest absolute Gasteiger partial charge is 0.251 e. The molecule has 0 fully saturated rings. The van der Waals surface area contributed by atoms with Gasteiger partial charge in [0.1, 0.15) is 11.6 Å². The molecular formula is C11H15ClF2N2O. The van der Waals surface area contributed by atoms with Crippen LogP contribution in [0.25, 0.3) is 0 Å². The molecule has 1 rings (SSSR count). The number of carbonyl (C=O) groups is 1. The number of amides is 1. The van der Waals surface area contributed by atoms with E-state index in [1.165, 1.54) is 0 Å². The summed E-state index contributed by atoms with van der Waals surface area (Å²) in [4.78, 5) is 11.5. The third-order valence-corrected chi connectivity index (χ3v) is 1.83. The van der Waals surface area contributed by atoms with Crippen molar-refractivity contribution < 1.29 is 13.6 Å². The van der Waals surface area contributed by atoms with E-state index in [1.807, 2.05) is 0 Å². The van der Waals surface area contributed by atoms with Gasteiger partial charge in [0.2, 0.25) is 0 Å². The summed E-state index contributed by atoms with van der Waals surface area (Å²) in [7, 11) is 0. The van der Waals surface area contributed by atoms with E-state index in [-0.39, 0.29) is 24.5 Å². The van der Waals surface area contributed by atoms with Crippen LogP contribution in [0.3, 0.4) is 0 Å². The molecule has 17 heavy (non-hydrogen) atoms. The standard InChI is InChI=1S/C11H14F2N2O.ClH/c1-11(2,14)6-15-10(16)7-3-8(12)5-9(13)4-7;/h3-5H,6,14H2,1-2H3,(H,15,16);1H. The largest absolute Gasteiger partial charge is 0.350 e. The van der Waals surface area contributed by atoms with Crippen molar-refractivity contribution in [2.24, 2.45) is 5.73 Å². The molecule has 0 aliphatic rings. The van der Waals surface area contributed by atoms with Crippen LogP contribution in [0.1, 0.15) is 24.2 Å². The van der Waals surface area contributed by atoms with Crippen LogP contribution in [0.2, 0.25) is 0 Å². The Balaban J connectivity index is 0.00000256. The van der Waals surface area contributed by atoms with Crippen LogP contribution in [-0.4, -0.2) is 18.0 Å². The van der Waals surface area contributed by atoms with Crippen molar-refractivity contribution in [3.8, 4) is 0 Å². The van der Waals surface area contributed by atoms with E-state index in [9.17, 15) is 13.6 Å². The number of hydrogen-bond donors (Lipinski definition) is 2. The molecular weight excluding hydrogens is 250 g/mol. The SMILES string of the molecule is CC(C)(N)CNC(=O)c1cc(F)cc(F)c1.Cl. The average Bonchev–Trinajstić information content (AvgIpc) is 2.11. The molecule has 0 heterocycles. The van der Waals surface area contributed by atoms with Gasteiger partial charge in [-0.3, -0.25) is 4.79 Å². The van der Waals surface area contributed by atoms with E-state index >= 15 is 0 Å². The van der Waals surface area contributed by atoms with Gasteiger partial charge in [-0.05, 0) is 26.0 Å². The number of halogens is 3. The molecule has 0 unspecified atom stereocenters. The molecule has 0 spiro atoms. The van der Waals surface area contributed by atoms with Crippen molar-refractivity contribution in [1.29, 1.82) is 0 Å². The van der Waals surface area contributed by atoms with E-state index < -0.39 is 23.1 Å². The Labute approximate surface area is 105 Å². The molecule has 0 saturated heterocycles. The third-order valence-electron chi connectivity index (χ3n) is 1.83. The van der Waals surface area contributed by atoms with Crippen LogP contribution in [-0.2, 0) is 0 Å². The van der Waals surface area contributed by atoms with Gasteiger partial charge >= 0.3 is 0 Å². The van der Waals surface area contributed by atoms with Crippen LogP contribution in [0.4, 0.5) is 8.78 Å². The van der Waals surface area contributed by atoms with E-state index in [0.29, 0.717) is 6.07 Å². The van der Waals surface area contributed by atoms with Crippen LogP contribution in [0, 0.1) is 11.6 Å². The molecule has 0 aromatic heterocycles. The maximum atomic E-state index is 12.8. The maximum absolute atomic E-state index is 12.8. The first-order valence-corrected chi connectivity index (χ1v) is 4.81. The minimum Gasteiger partial charge on any atom is -0.350 e. The van der Waals surface area contributed by atoms with Gasteiger partial charge in [0.05, 0.1) is 0 Å². The minimum absolute atomic E-state index is 0. The predicted octanol–water partition coefficient (Wildman–Crippen LogP) is 1.85. The molecule has 1 amide bonds. The Bertz CT molecular complexity index is 385. The first kappa shape index (κ1) is 15.8. The highest BCUT2D eigenvalue weighted by atomic mass is 35.5. The van der Waals surface area contributed by atoms with Crippen LogP contribution in [0.5, 0.6) is 0 Å². The predicted molar refractivity (Wildman–Crippen MR) is 64.2 cm³/mol.